The number of rotatable bonds is 4. The molecule has 0 radical (unpaired) electrons. The second-order valence-electron chi connectivity index (χ2n) is 7.44. The fourth-order valence-electron chi connectivity index (χ4n) is 3.95. The van der Waals surface area contributed by atoms with Crippen LogP contribution in [-0.4, -0.2) is 36.2 Å². The molecule has 0 bridgehead atoms. The van der Waals surface area contributed by atoms with Crippen LogP contribution >= 0.6 is 0 Å². The first-order chi connectivity index (χ1) is 12.5. The third-order valence-corrected chi connectivity index (χ3v) is 5.66. The number of allylic oxidation sites excluding steroid dienone is 3. The van der Waals surface area contributed by atoms with Crippen molar-refractivity contribution in [1.29, 1.82) is 0 Å². The minimum atomic E-state index is -0.608. The van der Waals surface area contributed by atoms with Crippen molar-refractivity contribution in [2.45, 2.75) is 44.9 Å². The Labute approximate surface area is 151 Å². The van der Waals surface area contributed by atoms with E-state index in [2.05, 4.69) is 0 Å². The maximum Gasteiger partial charge on any atom is 0.226 e. The molecule has 5 nitrogen and oxygen atoms in total. The summed E-state index contributed by atoms with van der Waals surface area (Å²) < 4.78 is 17.0. The second-order valence-corrected chi connectivity index (χ2v) is 7.44. The van der Waals surface area contributed by atoms with Crippen LogP contribution in [0.1, 0.15) is 41.0 Å². The lowest BCUT2D eigenvalue weighted by Crippen LogP contribution is -2.39. The van der Waals surface area contributed by atoms with Crippen molar-refractivity contribution in [3.63, 3.8) is 0 Å². The molecule has 2 heterocycles. The summed E-state index contributed by atoms with van der Waals surface area (Å²) in [5, 5.41) is 0. The average molecular weight is 352 g/mol. The van der Waals surface area contributed by atoms with Gasteiger partial charge < -0.3 is 14.2 Å². The number of fused-ring (bicyclic) bond motifs is 2. The first-order valence-electron chi connectivity index (χ1n) is 9.11. The first kappa shape index (κ1) is 16.0. The summed E-state index contributed by atoms with van der Waals surface area (Å²) in [5.41, 5.74) is 1.92. The number of ether oxygens (including phenoxy) is 3. The molecule has 26 heavy (non-hydrogen) atoms. The molecule has 5 unspecified atom stereocenters. The van der Waals surface area contributed by atoms with Gasteiger partial charge in [0.15, 0.2) is 11.6 Å². The van der Waals surface area contributed by atoms with Gasteiger partial charge in [0.2, 0.25) is 6.29 Å². The first-order valence-corrected chi connectivity index (χ1v) is 9.11. The van der Waals surface area contributed by atoms with Gasteiger partial charge in [0.25, 0.3) is 0 Å². The molecule has 0 saturated carbocycles. The summed E-state index contributed by atoms with van der Waals surface area (Å²) in [6, 6.07) is 7.04. The van der Waals surface area contributed by atoms with Crippen LogP contribution in [0.5, 0.6) is 0 Å². The molecule has 0 amide bonds. The van der Waals surface area contributed by atoms with Gasteiger partial charge in [-0.3, -0.25) is 9.59 Å². The number of Topliss-reactive ketones (excluding diaryl/α,β-unsaturated/α-hetero) is 2. The predicted octanol–water partition coefficient (Wildman–Crippen LogP) is 3.06. The zero-order valence-electron chi connectivity index (χ0n) is 14.7. The third kappa shape index (κ3) is 2.46. The molecule has 1 aromatic rings. The van der Waals surface area contributed by atoms with Crippen LogP contribution in [0.25, 0.3) is 0 Å². The third-order valence-electron chi connectivity index (χ3n) is 5.66. The Bertz CT molecular complexity index is 867. The molecule has 5 rings (SSSR count). The van der Waals surface area contributed by atoms with Gasteiger partial charge in [-0.2, -0.15) is 0 Å². The molecule has 6 atom stereocenters. The molecular weight excluding hydrogens is 332 g/mol. The lowest BCUT2D eigenvalue weighted by Gasteiger charge is -2.33. The van der Waals surface area contributed by atoms with Crippen LogP contribution in [0, 0.1) is 11.8 Å². The van der Waals surface area contributed by atoms with Crippen LogP contribution < -0.4 is 0 Å². The fourth-order valence-corrected chi connectivity index (χ4v) is 3.95. The molecule has 1 aromatic carbocycles. The number of carbonyl (C=O) groups excluding carboxylic acids is 2. The second kappa shape index (κ2) is 5.63. The van der Waals surface area contributed by atoms with Gasteiger partial charge in [0, 0.05) is 17.5 Å². The average Bonchev–Trinajstić information content (AvgIpc) is 3.53. The van der Waals surface area contributed by atoms with E-state index in [9.17, 15) is 9.59 Å². The summed E-state index contributed by atoms with van der Waals surface area (Å²) in [7, 11) is 0. The predicted molar refractivity (Wildman–Crippen MR) is 92.6 cm³/mol. The van der Waals surface area contributed by atoms with E-state index >= 15 is 0 Å². The van der Waals surface area contributed by atoms with Gasteiger partial charge in [-0.15, -0.1) is 0 Å². The smallest absolute Gasteiger partial charge is 0.226 e. The van der Waals surface area contributed by atoms with Crippen LogP contribution in [0.2, 0.25) is 0 Å². The van der Waals surface area contributed by atoms with Gasteiger partial charge in [-0.1, -0.05) is 36.4 Å². The molecule has 0 spiro atoms. The van der Waals surface area contributed by atoms with E-state index in [1.54, 1.807) is 24.3 Å². The zero-order chi connectivity index (χ0) is 18.0. The molecule has 2 saturated heterocycles. The van der Waals surface area contributed by atoms with Crippen molar-refractivity contribution in [2.75, 3.05) is 0 Å². The largest absolute Gasteiger partial charge is 0.465 e. The van der Waals surface area contributed by atoms with E-state index in [0.29, 0.717) is 23.3 Å². The van der Waals surface area contributed by atoms with Crippen LogP contribution in [0.4, 0.5) is 0 Å². The minimum absolute atomic E-state index is 0.00545. The van der Waals surface area contributed by atoms with E-state index in [-0.39, 0.29) is 36.2 Å². The highest BCUT2D eigenvalue weighted by Crippen LogP contribution is 2.44. The molecular formula is C21H20O5. The van der Waals surface area contributed by atoms with Gasteiger partial charge in [0.1, 0.15) is 11.9 Å². The van der Waals surface area contributed by atoms with Crippen molar-refractivity contribution in [3.05, 3.63) is 58.9 Å². The maximum absolute atomic E-state index is 13.2. The minimum Gasteiger partial charge on any atom is -0.465 e. The Morgan fingerprint density at radius 2 is 1.65 bits per heavy atom. The summed E-state index contributed by atoms with van der Waals surface area (Å²) >= 11 is 0. The zero-order valence-corrected chi connectivity index (χ0v) is 14.7. The molecule has 2 aliphatic carbocycles. The van der Waals surface area contributed by atoms with Crippen LogP contribution in [-0.2, 0) is 14.2 Å². The normalized spacial score (nSPS) is 37.3. The molecule has 5 heteroatoms. The lowest BCUT2D eigenvalue weighted by atomic mass is 9.70. The quantitative estimate of drug-likeness (QED) is 0.779. The molecule has 0 N–H and O–H groups in total. The number of epoxide rings is 2. The maximum atomic E-state index is 13.2. The molecule has 2 fully saturated rings. The highest BCUT2D eigenvalue weighted by Gasteiger charge is 2.49. The Hall–Kier alpha value is -2.24. The van der Waals surface area contributed by atoms with Crippen LogP contribution in [0.15, 0.2) is 47.7 Å². The summed E-state index contributed by atoms with van der Waals surface area (Å²) in [6.45, 7) is 3.95. The lowest BCUT2D eigenvalue weighted by molar-refractivity contribution is 0.0559. The molecule has 0 aromatic heterocycles. The highest BCUT2D eigenvalue weighted by atomic mass is 16.8. The van der Waals surface area contributed by atoms with E-state index < -0.39 is 11.8 Å². The molecule has 4 aliphatic rings. The van der Waals surface area contributed by atoms with E-state index in [0.717, 1.165) is 5.57 Å². The van der Waals surface area contributed by atoms with Gasteiger partial charge in [0.05, 0.1) is 24.0 Å². The van der Waals surface area contributed by atoms with E-state index in [1.165, 1.54) is 0 Å². The van der Waals surface area contributed by atoms with Crippen molar-refractivity contribution in [1.82, 2.24) is 0 Å². The molecule has 2 aliphatic heterocycles. The number of ketones is 2. The summed E-state index contributed by atoms with van der Waals surface area (Å²) in [6.07, 6.45) is 4.49. The van der Waals surface area contributed by atoms with Gasteiger partial charge in [-0.25, -0.2) is 0 Å². The van der Waals surface area contributed by atoms with Crippen molar-refractivity contribution >= 4 is 11.6 Å². The SMILES string of the molecule is CC1OC1OC1=C(C[C@@H]2OC2C)C=CC2C(=O)c3ccccc3C(=O)C12. The monoisotopic (exact) mass is 352 g/mol. The topological polar surface area (TPSA) is 68.4 Å². The Balaban J connectivity index is 1.56. The Morgan fingerprint density at radius 1 is 1.00 bits per heavy atom. The van der Waals surface area contributed by atoms with E-state index in [4.69, 9.17) is 14.2 Å². The summed E-state index contributed by atoms with van der Waals surface area (Å²) in [4.78, 5) is 26.2. The number of carbonyl (C=O) groups is 2. The van der Waals surface area contributed by atoms with Crippen molar-refractivity contribution < 1.29 is 23.8 Å². The fraction of sp³-hybridized carbons (Fsp3) is 0.429. The van der Waals surface area contributed by atoms with E-state index in [1.807, 2.05) is 26.0 Å². The van der Waals surface area contributed by atoms with Crippen molar-refractivity contribution in [2.24, 2.45) is 11.8 Å². The Morgan fingerprint density at radius 3 is 2.27 bits per heavy atom. The Kier molecular flexibility index (Phi) is 3.46. The number of hydrogen-bond acceptors (Lipinski definition) is 5. The van der Waals surface area contributed by atoms with Crippen LogP contribution in [0.3, 0.4) is 0 Å². The number of benzene rings is 1. The standard InChI is InChI=1S/C21H20O5/c1-10-16(24-10)9-12-7-8-15-17(20(12)26-21-11(2)25-21)19(23)14-6-4-3-5-13(14)18(15)22/h3-8,10-11,15-17,21H,9H2,1-2H3/t10?,11?,15?,16-,17?,21?/m0/s1. The van der Waals surface area contributed by atoms with Gasteiger partial charge >= 0.3 is 0 Å². The van der Waals surface area contributed by atoms with Gasteiger partial charge in [-0.05, 0) is 19.4 Å². The summed E-state index contributed by atoms with van der Waals surface area (Å²) in [5.74, 6) is -0.615. The number of hydrogen-bond donors (Lipinski definition) is 0. The molecule has 134 valence electrons. The highest BCUT2D eigenvalue weighted by molar-refractivity contribution is 6.17. The van der Waals surface area contributed by atoms with Crippen molar-refractivity contribution in [3.8, 4) is 0 Å².